The van der Waals surface area contributed by atoms with Crippen LogP contribution in [0.15, 0.2) is 24.3 Å². The second-order valence-electron chi connectivity index (χ2n) is 5.00. The van der Waals surface area contributed by atoms with Crippen LogP contribution in [0.2, 0.25) is 0 Å². The Hall–Kier alpha value is -1.51. The lowest BCUT2D eigenvalue weighted by molar-refractivity contribution is -0.135. The van der Waals surface area contributed by atoms with Gasteiger partial charge in [-0.15, -0.1) is 0 Å². The van der Waals surface area contributed by atoms with Crippen LogP contribution in [0, 0.1) is 12.8 Å². The molecule has 3 nitrogen and oxygen atoms in total. The maximum atomic E-state index is 10.9. The van der Waals surface area contributed by atoms with Crippen molar-refractivity contribution in [2.75, 3.05) is 18.0 Å². The van der Waals surface area contributed by atoms with Crippen LogP contribution in [-0.2, 0) is 4.79 Å². The molecule has 1 aromatic carbocycles. The van der Waals surface area contributed by atoms with E-state index in [0.717, 1.165) is 25.1 Å². The van der Waals surface area contributed by atoms with Gasteiger partial charge in [0.2, 0.25) is 0 Å². The number of benzene rings is 1. The van der Waals surface area contributed by atoms with Crippen molar-refractivity contribution in [2.45, 2.75) is 33.6 Å². The Balaban J connectivity index is 2.77. The molecule has 0 fully saturated rings. The van der Waals surface area contributed by atoms with E-state index in [1.807, 2.05) is 36.1 Å². The minimum absolute atomic E-state index is 0.0666. The highest BCUT2D eigenvalue weighted by Crippen LogP contribution is 2.18. The summed E-state index contributed by atoms with van der Waals surface area (Å²) in [7, 11) is 0. The highest BCUT2D eigenvalue weighted by atomic mass is 16.4. The van der Waals surface area contributed by atoms with E-state index in [1.54, 1.807) is 0 Å². The summed E-state index contributed by atoms with van der Waals surface area (Å²) in [6.07, 6.45) is 2.26. The number of anilines is 1. The van der Waals surface area contributed by atoms with Gasteiger partial charge < -0.3 is 10.0 Å². The van der Waals surface area contributed by atoms with Crippen molar-refractivity contribution in [3.8, 4) is 0 Å². The summed E-state index contributed by atoms with van der Waals surface area (Å²) < 4.78 is 0. The van der Waals surface area contributed by atoms with E-state index in [0.29, 0.717) is 5.92 Å². The Morgan fingerprint density at radius 1 is 1.33 bits per heavy atom. The molecule has 0 saturated heterocycles. The molecule has 1 aromatic rings. The lowest BCUT2D eigenvalue weighted by Crippen LogP contribution is -2.33. The van der Waals surface area contributed by atoms with E-state index in [-0.39, 0.29) is 6.54 Å². The average molecular weight is 249 g/mol. The van der Waals surface area contributed by atoms with Crippen LogP contribution in [-0.4, -0.2) is 24.2 Å². The molecule has 0 saturated carbocycles. The first-order valence-corrected chi connectivity index (χ1v) is 6.56. The van der Waals surface area contributed by atoms with Crippen LogP contribution in [0.25, 0.3) is 0 Å². The Morgan fingerprint density at radius 2 is 1.94 bits per heavy atom. The summed E-state index contributed by atoms with van der Waals surface area (Å²) >= 11 is 0. The molecule has 0 aliphatic rings. The quantitative estimate of drug-likeness (QED) is 0.806. The number of hydrogen-bond donors (Lipinski definition) is 1. The molecule has 0 aromatic heterocycles. The fourth-order valence-electron chi connectivity index (χ4n) is 2.14. The summed E-state index contributed by atoms with van der Waals surface area (Å²) in [5.74, 6) is -0.269. The van der Waals surface area contributed by atoms with E-state index in [1.165, 1.54) is 5.56 Å². The van der Waals surface area contributed by atoms with Gasteiger partial charge in [-0.05, 0) is 31.4 Å². The molecule has 1 N–H and O–H groups in total. The second-order valence-corrected chi connectivity index (χ2v) is 5.00. The molecular weight excluding hydrogens is 226 g/mol. The fraction of sp³-hybridized carbons (Fsp3) is 0.533. The number of rotatable bonds is 7. The van der Waals surface area contributed by atoms with Crippen LogP contribution in [0.3, 0.4) is 0 Å². The molecule has 0 amide bonds. The molecule has 0 heterocycles. The van der Waals surface area contributed by atoms with Gasteiger partial charge in [-0.2, -0.15) is 0 Å². The van der Waals surface area contributed by atoms with Crippen molar-refractivity contribution in [3.05, 3.63) is 29.8 Å². The van der Waals surface area contributed by atoms with Gasteiger partial charge in [0.15, 0.2) is 0 Å². The predicted octanol–water partition coefficient (Wildman–Crippen LogP) is 3.32. The second kappa shape index (κ2) is 7.04. The molecule has 0 radical (unpaired) electrons. The lowest BCUT2D eigenvalue weighted by Gasteiger charge is -2.26. The Kier molecular flexibility index (Phi) is 5.69. The third-order valence-corrected chi connectivity index (χ3v) is 3.04. The van der Waals surface area contributed by atoms with Gasteiger partial charge >= 0.3 is 5.97 Å². The topological polar surface area (TPSA) is 40.5 Å². The van der Waals surface area contributed by atoms with Crippen LogP contribution < -0.4 is 4.90 Å². The molecule has 1 rings (SSSR count). The Bertz CT molecular complexity index is 373. The SMILES string of the molecule is CCCC(C)CN(CC(=O)O)c1ccc(C)cc1. The highest BCUT2D eigenvalue weighted by molar-refractivity contribution is 5.73. The average Bonchev–Trinajstić information content (AvgIpc) is 2.28. The van der Waals surface area contributed by atoms with Crippen molar-refractivity contribution in [2.24, 2.45) is 5.92 Å². The van der Waals surface area contributed by atoms with E-state index in [4.69, 9.17) is 5.11 Å². The zero-order valence-electron chi connectivity index (χ0n) is 11.5. The molecule has 1 atom stereocenters. The maximum absolute atomic E-state index is 10.9. The summed E-state index contributed by atoms with van der Waals surface area (Å²) in [6.45, 7) is 7.22. The summed E-state index contributed by atoms with van der Waals surface area (Å²) in [5, 5.41) is 9.00. The predicted molar refractivity (Wildman–Crippen MR) is 75.1 cm³/mol. The molecule has 100 valence electrons. The molecule has 3 heteroatoms. The third-order valence-electron chi connectivity index (χ3n) is 3.04. The van der Waals surface area contributed by atoms with Gasteiger partial charge in [-0.3, -0.25) is 4.79 Å². The van der Waals surface area contributed by atoms with Crippen LogP contribution >= 0.6 is 0 Å². The number of aliphatic carboxylic acids is 1. The summed E-state index contributed by atoms with van der Waals surface area (Å²) in [4.78, 5) is 12.9. The zero-order valence-corrected chi connectivity index (χ0v) is 11.5. The van der Waals surface area contributed by atoms with E-state index < -0.39 is 5.97 Å². The first kappa shape index (κ1) is 14.6. The maximum Gasteiger partial charge on any atom is 0.323 e. The number of nitrogens with zero attached hydrogens (tertiary/aromatic N) is 1. The van der Waals surface area contributed by atoms with Gasteiger partial charge in [-0.25, -0.2) is 0 Å². The first-order chi connectivity index (χ1) is 8.52. The number of carbonyl (C=O) groups is 1. The molecular formula is C15H23NO2. The van der Waals surface area contributed by atoms with Crippen LogP contribution in [0.5, 0.6) is 0 Å². The van der Waals surface area contributed by atoms with E-state index in [2.05, 4.69) is 13.8 Å². The van der Waals surface area contributed by atoms with E-state index in [9.17, 15) is 4.79 Å². The smallest absolute Gasteiger partial charge is 0.323 e. The van der Waals surface area contributed by atoms with Crippen molar-refractivity contribution < 1.29 is 9.90 Å². The largest absolute Gasteiger partial charge is 0.480 e. The molecule has 0 bridgehead atoms. The molecule has 0 spiro atoms. The Morgan fingerprint density at radius 3 is 2.44 bits per heavy atom. The molecule has 0 aliphatic heterocycles. The highest BCUT2D eigenvalue weighted by Gasteiger charge is 2.13. The standard InChI is InChI=1S/C15H23NO2/c1-4-5-13(3)10-16(11-15(17)18)14-8-6-12(2)7-9-14/h6-9,13H,4-5,10-11H2,1-3H3,(H,17,18). The van der Waals surface area contributed by atoms with Crippen LogP contribution in [0.1, 0.15) is 32.3 Å². The fourth-order valence-corrected chi connectivity index (χ4v) is 2.14. The van der Waals surface area contributed by atoms with Gasteiger partial charge in [-0.1, -0.05) is 38.0 Å². The van der Waals surface area contributed by atoms with Crippen molar-refractivity contribution in [1.29, 1.82) is 0 Å². The normalized spacial score (nSPS) is 12.2. The van der Waals surface area contributed by atoms with Gasteiger partial charge in [0.25, 0.3) is 0 Å². The monoisotopic (exact) mass is 249 g/mol. The third kappa shape index (κ3) is 4.78. The molecule has 1 unspecified atom stereocenters. The minimum atomic E-state index is -0.778. The van der Waals surface area contributed by atoms with Crippen molar-refractivity contribution >= 4 is 11.7 Å². The van der Waals surface area contributed by atoms with Gasteiger partial charge in [0.05, 0.1) is 0 Å². The van der Waals surface area contributed by atoms with Crippen molar-refractivity contribution in [3.63, 3.8) is 0 Å². The zero-order chi connectivity index (χ0) is 13.5. The first-order valence-electron chi connectivity index (χ1n) is 6.56. The number of carboxylic acid groups (broad SMARTS) is 1. The summed E-state index contributed by atoms with van der Waals surface area (Å²) in [5.41, 5.74) is 2.18. The molecule has 0 aliphatic carbocycles. The Labute approximate surface area is 109 Å². The number of hydrogen-bond acceptors (Lipinski definition) is 2. The summed E-state index contributed by atoms with van der Waals surface area (Å²) in [6, 6.07) is 8.04. The van der Waals surface area contributed by atoms with Crippen LogP contribution in [0.4, 0.5) is 5.69 Å². The van der Waals surface area contributed by atoms with Gasteiger partial charge in [0, 0.05) is 12.2 Å². The van der Waals surface area contributed by atoms with Crippen molar-refractivity contribution in [1.82, 2.24) is 0 Å². The van der Waals surface area contributed by atoms with E-state index >= 15 is 0 Å². The number of carboxylic acids is 1. The number of aryl methyl sites for hydroxylation is 1. The van der Waals surface area contributed by atoms with Gasteiger partial charge in [0.1, 0.15) is 6.54 Å². The minimum Gasteiger partial charge on any atom is -0.480 e. The lowest BCUT2D eigenvalue weighted by atomic mass is 10.1. The molecule has 18 heavy (non-hydrogen) atoms.